The highest BCUT2D eigenvalue weighted by Crippen LogP contribution is 2.36. The molecular formula is C21H23N5O3. The maximum atomic E-state index is 10.9. The van der Waals surface area contributed by atoms with E-state index in [9.17, 15) is 4.79 Å². The molecule has 8 nitrogen and oxygen atoms in total. The Morgan fingerprint density at radius 3 is 2.90 bits per heavy atom. The van der Waals surface area contributed by atoms with Crippen molar-refractivity contribution in [3.05, 3.63) is 59.8 Å². The van der Waals surface area contributed by atoms with Gasteiger partial charge in [-0.1, -0.05) is 18.2 Å². The van der Waals surface area contributed by atoms with Gasteiger partial charge >= 0.3 is 5.97 Å². The monoisotopic (exact) mass is 393 g/mol. The Labute approximate surface area is 168 Å². The molecule has 0 radical (unpaired) electrons. The number of carbonyl (C=O) groups is 1. The van der Waals surface area contributed by atoms with Crippen molar-refractivity contribution in [3.8, 4) is 17.3 Å². The van der Waals surface area contributed by atoms with E-state index in [1.165, 1.54) is 0 Å². The second-order valence-electron chi connectivity index (χ2n) is 7.12. The summed E-state index contributed by atoms with van der Waals surface area (Å²) < 4.78 is 5.48. The molecule has 1 aromatic carbocycles. The van der Waals surface area contributed by atoms with E-state index in [-0.39, 0.29) is 12.6 Å². The number of nitrogens with one attached hydrogen (secondary N) is 1. The van der Waals surface area contributed by atoms with E-state index in [2.05, 4.69) is 24.8 Å². The molecule has 1 fully saturated rings. The molecule has 1 atom stereocenters. The standard InChI is InChI=1S/C21H23N5O3/c1-14-11-24-21(25-14)20-19(22-8-9-23-20)16-6-4-10-26(16)12-15-5-2-3-7-17(15)29-13-18(27)28/h2-3,5,7-9,11,16H,4,6,10,12-13H2,1H3,(H,24,25)(H,27,28). The molecule has 2 aromatic heterocycles. The number of ether oxygens (including phenoxy) is 1. The van der Waals surface area contributed by atoms with Gasteiger partial charge in [0.2, 0.25) is 0 Å². The molecule has 0 aliphatic carbocycles. The van der Waals surface area contributed by atoms with Gasteiger partial charge in [0.15, 0.2) is 12.4 Å². The van der Waals surface area contributed by atoms with Gasteiger partial charge in [0, 0.05) is 36.4 Å². The van der Waals surface area contributed by atoms with Crippen molar-refractivity contribution in [1.29, 1.82) is 0 Å². The van der Waals surface area contributed by atoms with E-state index in [0.29, 0.717) is 12.3 Å². The van der Waals surface area contributed by atoms with Gasteiger partial charge in [0.05, 0.1) is 11.7 Å². The lowest BCUT2D eigenvalue weighted by Crippen LogP contribution is -2.25. The van der Waals surface area contributed by atoms with Crippen LogP contribution in [0.15, 0.2) is 42.9 Å². The van der Waals surface area contributed by atoms with Gasteiger partial charge in [-0.2, -0.15) is 0 Å². The molecule has 29 heavy (non-hydrogen) atoms. The number of H-pyrrole nitrogens is 1. The third-order valence-corrected chi connectivity index (χ3v) is 5.03. The number of para-hydroxylation sites is 1. The van der Waals surface area contributed by atoms with E-state index < -0.39 is 5.97 Å². The molecule has 0 spiro atoms. The number of nitrogens with zero attached hydrogens (tertiary/aromatic N) is 4. The highest BCUT2D eigenvalue weighted by atomic mass is 16.5. The number of aryl methyl sites for hydroxylation is 1. The molecule has 3 heterocycles. The number of benzene rings is 1. The van der Waals surface area contributed by atoms with E-state index in [1.807, 2.05) is 31.2 Å². The maximum absolute atomic E-state index is 10.9. The first-order valence-electron chi connectivity index (χ1n) is 9.61. The number of aromatic amines is 1. The van der Waals surface area contributed by atoms with Crippen LogP contribution in [0.4, 0.5) is 0 Å². The van der Waals surface area contributed by atoms with Crippen LogP contribution in [0.3, 0.4) is 0 Å². The Kier molecular flexibility index (Phi) is 5.53. The fourth-order valence-electron chi connectivity index (χ4n) is 3.77. The lowest BCUT2D eigenvalue weighted by molar-refractivity contribution is -0.139. The molecule has 1 unspecified atom stereocenters. The SMILES string of the molecule is Cc1cnc(-c2nccnc2C2CCCN2Cc2ccccc2OCC(=O)O)[nH]1. The number of aliphatic carboxylic acids is 1. The third-order valence-electron chi connectivity index (χ3n) is 5.03. The Morgan fingerprint density at radius 1 is 1.28 bits per heavy atom. The third kappa shape index (κ3) is 4.27. The summed E-state index contributed by atoms with van der Waals surface area (Å²) in [6.45, 7) is 3.17. The van der Waals surface area contributed by atoms with Crippen LogP contribution in [-0.2, 0) is 11.3 Å². The number of carboxylic acid groups (broad SMARTS) is 1. The van der Waals surface area contributed by atoms with E-state index in [1.54, 1.807) is 18.6 Å². The van der Waals surface area contributed by atoms with Gasteiger partial charge in [-0.15, -0.1) is 0 Å². The van der Waals surface area contributed by atoms with Crippen LogP contribution in [0.2, 0.25) is 0 Å². The van der Waals surface area contributed by atoms with Crippen molar-refractivity contribution in [2.75, 3.05) is 13.2 Å². The lowest BCUT2D eigenvalue weighted by atomic mass is 10.1. The van der Waals surface area contributed by atoms with Gasteiger partial charge in [-0.3, -0.25) is 9.88 Å². The normalized spacial score (nSPS) is 16.8. The largest absolute Gasteiger partial charge is 0.482 e. The second-order valence-corrected chi connectivity index (χ2v) is 7.12. The number of likely N-dealkylation sites (tertiary alicyclic amines) is 1. The quantitative estimate of drug-likeness (QED) is 0.636. The molecule has 1 aliphatic heterocycles. The first-order chi connectivity index (χ1) is 14.1. The van der Waals surface area contributed by atoms with Crippen molar-refractivity contribution >= 4 is 5.97 Å². The average Bonchev–Trinajstić information content (AvgIpc) is 3.36. The van der Waals surface area contributed by atoms with Crippen LogP contribution in [0, 0.1) is 6.92 Å². The molecular weight excluding hydrogens is 370 g/mol. The Balaban J connectivity index is 1.60. The number of rotatable bonds is 7. The van der Waals surface area contributed by atoms with E-state index >= 15 is 0 Å². The van der Waals surface area contributed by atoms with Gasteiger partial charge in [-0.25, -0.2) is 14.8 Å². The number of imidazole rings is 1. The Bertz CT molecular complexity index is 1000. The van der Waals surface area contributed by atoms with Crippen LogP contribution in [0.25, 0.3) is 11.5 Å². The number of hydrogen-bond acceptors (Lipinski definition) is 6. The van der Waals surface area contributed by atoms with Crippen molar-refractivity contribution < 1.29 is 14.6 Å². The average molecular weight is 393 g/mol. The molecule has 1 saturated heterocycles. The highest BCUT2D eigenvalue weighted by Gasteiger charge is 2.31. The van der Waals surface area contributed by atoms with Crippen LogP contribution in [-0.4, -0.2) is 49.1 Å². The number of carboxylic acids is 1. The minimum absolute atomic E-state index is 0.108. The van der Waals surface area contributed by atoms with Crippen LogP contribution in [0.1, 0.15) is 35.8 Å². The van der Waals surface area contributed by atoms with Crippen molar-refractivity contribution in [2.24, 2.45) is 0 Å². The molecule has 8 heteroatoms. The zero-order valence-corrected chi connectivity index (χ0v) is 16.2. The zero-order valence-electron chi connectivity index (χ0n) is 16.2. The van der Waals surface area contributed by atoms with Crippen LogP contribution >= 0.6 is 0 Å². The summed E-state index contributed by atoms with van der Waals surface area (Å²) in [6, 6.07) is 7.68. The summed E-state index contributed by atoms with van der Waals surface area (Å²) in [5, 5.41) is 8.92. The van der Waals surface area contributed by atoms with Crippen molar-refractivity contribution in [2.45, 2.75) is 32.4 Å². The highest BCUT2D eigenvalue weighted by molar-refractivity contribution is 5.68. The van der Waals surface area contributed by atoms with Crippen LogP contribution < -0.4 is 4.74 Å². The predicted molar refractivity (Wildman–Crippen MR) is 106 cm³/mol. The Morgan fingerprint density at radius 2 is 2.10 bits per heavy atom. The molecule has 150 valence electrons. The second kappa shape index (κ2) is 8.40. The summed E-state index contributed by atoms with van der Waals surface area (Å²) in [6.07, 6.45) is 7.22. The topological polar surface area (TPSA) is 104 Å². The minimum atomic E-state index is -0.989. The molecule has 4 rings (SSSR count). The predicted octanol–water partition coefficient (Wildman–Crippen LogP) is 2.98. The number of hydrogen-bond donors (Lipinski definition) is 2. The number of aromatic nitrogens is 4. The zero-order chi connectivity index (χ0) is 20.2. The molecule has 0 amide bonds. The summed E-state index contributed by atoms with van der Waals surface area (Å²) in [7, 11) is 0. The van der Waals surface area contributed by atoms with E-state index in [4.69, 9.17) is 9.84 Å². The maximum Gasteiger partial charge on any atom is 0.341 e. The summed E-state index contributed by atoms with van der Waals surface area (Å²) in [5.74, 6) is 0.334. The fraction of sp³-hybridized carbons (Fsp3) is 0.333. The van der Waals surface area contributed by atoms with Gasteiger partial charge in [0.25, 0.3) is 0 Å². The minimum Gasteiger partial charge on any atom is -0.482 e. The van der Waals surface area contributed by atoms with Gasteiger partial charge < -0.3 is 14.8 Å². The van der Waals surface area contributed by atoms with Crippen molar-refractivity contribution in [1.82, 2.24) is 24.8 Å². The first-order valence-corrected chi connectivity index (χ1v) is 9.61. The van der Waals surface area contributed by atoms with Gasteiger partial charge in [-0.05, 0) is 32.4 Å². The summed E-state index contributed by atoms with van der Waals surface area (Å²) >= 11 is 0. The van der Waals surface area contributed by atoms with Gasteiger partial charge in [0.1, 0.15) is 11.4 Å². The van der Waals surface area contributed by atoms with Crippen molar-refractivity contribution in [3.63, 3.8) is 0 Å². The molecule has 0 saturated carbocycles. The smallest absolute Gasteiger partial charge is 0.341 e. The molecule has 2 N–H and O–H groups in total. The summed E-state index contributed by atoms with van der Waals surface area (Å²) in [5.41, 5.74) is 3.61. The molecule has 0 bridgehead atoms. The summed E-state index contributed by atoms with van der Waals surface area (Å²) in [4.78, 5) is 30.1. The molecule has 1 aliphatic rings. The first kappa shape index (κ1) is 19.1. The molecule has 3 aromatic rings. The van der Waals surface area contributed by atoms with Crippen LogP contribution in [0.5, 0.6) is 5.75 Å². The van der Waals surface area contributed by atoms with E-state index in [0.717, 1.165) is 47.9 Å². The fourth-order valence-corrected chi connectivity index (χ4v) is 3.77. The Hall–Kier alpha value is -3.26. The lowest BCUT2D eigenvalue weighted by Gasteiger charge is -2.25.